The van der Waals surface area contributed by atoms with E-state index in [1.807, 2.05) is 26.0 Å². The topological polar surface area (TPSA) is 39.4 Å². The van der Waals surface area contributed by atoms with Gasteiger partial charge in [-0.25, -0.2) is 4.79 Å². The minimum absolute atomic E-state index is 0.0245. The molecule has 1 fully saturated rings. The molecule has 0 bridgehead atoms. The molecule has 110 valence electrons. The molecule has 1 atom stereocenters. The van der Waals surface area contributed by atoms with Gasteiger partial charge in [0.1, 0.15) is 17.4 Å². The van der Waals surface area contributed by atoms with Crippen molar-refractivity contribution in [3.05, 3.63) is 50.9 Å². The molecule has 4 heteroatoms. The van der Waals surface area contributed by atoms with E-state index >= 15 is 0 Å². The van der Waals surface area contributed by atoms with Crippen LogP contribution in [0.25, 0.3) is 11.0 Å². The molecule has 1 saturated carbocycles. The average molecular weight is 305 g/mol. The molecule has 0 N–H and O–H groups in total. The second-order valence-corrected chi connectivity index (χ2v) is 6.03. The van der Waals surface area contributed by atoms with Crippen LogP contribution in [0.3, 0.4) is 0 Å². The molecule has 0 amide bonds. The van der Waals surface area contributed by atoms with Crippen LogP contribution in [0.4, 0.5) is 0 Å². The van der Waals surface area contributed by atoms with E-state index in [-0.39, 0.29) is 11.7 Å². The second-order valence-electron chi connectivity index (χ2n) is 5.46. The predicted molar refractivity (Wildman–Crippen MR) is 84.0 cm³/mol. The number of ether oxygens (including phenoxy) is 1. The van der Waals surface area contributed by atoms with Crippen molar-refractivity contribution >= 4 is 22.6 Å². The fourth-order valence-electron chi connectivity index (χ4n) is 2.88. The lowest BCUT2D eigenvalue weighted by molar-refractivity contribution is 0.243. The van der Waals surface area contributed by atoms with Crippen LogP contribution in [0.1, 0.15) is 31.7 Å². The van der Waals surface area contributed by atoms with E-state index in [2.05, 4.69) is 0 Å². The Morgan fingerprint density at radius 1 is 1.38 bits per heavy atom. The quantitative estimate of drug-likeness (QED) is 0.764. The Hall–Kier alpha value is -1.74. The molecule has 1 aromatic carbocycles. The van der Waals surface area contributed by atoms with Crippen LogP contribution in [0, 0.1) is 6.92 Å². The van der Waals surface area contributed by atoms with E-state index in [0.29, 0.717) is 11.3 Å². The van der Waals surface area contributed by atoms with Gasteiger partial charge in [0.05, 0.1) is 0 Å². The number of fused-ring (bicyclic) bond motifs is 1. The van der Waals surface area contributed by atoms with Gasteiger partial charge >= 0.3 is 5.63 Å². The minimum Gasteiger partial charge on any atom is -0.486 e. The molecular weight excluding hydrogens is 288 g/mol. The Kier molecular flexibility index (Phi) is 3.77. The third kappa shape index (κ3) is 2.84. The first-order chi connectivity index (χ1) is 10.0. The molecule has 1 unspecified atom stereocenters. The molecule has 3 nitrogen and oxygen atoms in total. The van der Waals surface area contributed by atoms with Gasteiger partial charge in [0.2, 0.25) is 0 Å². The maximum absolute atomic E-state index is 11.5. The van der Waals surface area contributed by atoms with Crippen molar-refractivity contribution < 1.29 is 9.15 Å². The molecular formula is C17H17ClO3. The first kappa shape index (κ1) is 14.2. The van der Waals surface area contributed by atoms with Crippen LogP contribution in [0.5, 0.6) is 5.75 Å². The van der Waals surface area contributed by atoms with E-state index < -0.39 is 0 Å². The molecule has 1 aliphatic rings. The number of hydrogen-bond donors (Lipinski definition) is 0. The predicted octanol–water partition coefficient (Wildman–Crippen LogP) is 4.55. The largest absolute Gasteiger partial charge is 0.486 e. The van der Waals surface area contributed by atoms with E-state index in [1.165, 1.54) is 11.6 Å². The van der Waals surface area contributed by atoms with Gasteiger partial charge in [-0.15, -0.1) is 0 Å². The van der Waals surface area contributed by atoms with Gasteiger partial charge in [0.15, 0.2) is 0 Å². The van der Waals surface area contributed by atoms with Crippen molar-refractivity contribution in [1.82, 2.24) is 0 Å². The number of hydrogen-bond acceptors (Lipinski definition) is 3. The van der Waals surface area contributed by atoms with Crippen LogP contribution in [-0.4, -0.2) is 6.10 Å². The molecule has 1 heterocycles. The van der Waals surface area contributed by atoms with E-state index in [9.17, 15) is 4.79 Å². The van der Waals surface area contributed by atoms with E-state index in [4.69, 9.17) is 20.8 Å². The molecule has 1 aromatic heterocycles. The van der Waals surface area contributed by atoms with Gasteiger partial charge in [-0.05, 0) is 56.4 Å². The van der Waals surface area contributed by atoms with Crippen molar-refractivity contribution in [3.63, 3.8) is 0 Å². The van der Waals surface area contributed by atoms with Crippen molar-refractivity contribution in [2.75, 3.05) is 0 Å². The fourth-order valence-corrected chi connectivity index (χ4v) is 3.10. The summed E-state index contributed by atoms with van der Waals surface area (Å²) < 4.78 is 11.3. The molecule has 0 spiro atoms. The SMILES string of the molecule is C/C(Cl)=C1\CCCC1Oc1ccc2c(C)cc(=O)oc2c1. The lowest BCUT2D eigenvalue weighted by Gasteiger charge is -2.16. The van der Waals surface area contributed by atoms with Gasteiger partial charge in [0.25, 0.3) is 0 Å². The van der Waals surface area contributed by atoms with Gasteiger partial charge in [-0.3, -0.25) is 0 Å². The summed E-state index contributed by atoms with van der Waals surface area (Å²) in [4.78, 5) is 11.5. The Morgan fingerprint density at radius 3 is 2.95 bits per heavy atom. The summed E-state index contributed by atoms with van der Waals surface area (Å²) in [6.45, 7) is 3.80. The van der Waals surface area contributed by atoms with Gasteiger partial charge in [0, 0.05) is 22.6 Å². The molecule has 21 heavy (non-hydrogen) atoms. The van der Waals surface area contributed by atoms with Gasteiger partial charge in [-0.2, -0.15) is 0 Å². The standard InChI is InChI=1S/C17H17ClO3/c1-10-8-17(19)21-16-9-12(6-7-13(10)16)20-15-5-3-4-14(15)11(2)18/h6-9,15H,3-5H2,1-2H3/b14-11-. The summed E-state index contributed by atoms with van der Waals surface area (Å²) in [7, 11) is 0. The Morgan fingerprint density at radius 2 is 2.19 bits per heavy atom. The summed E-state index contributed by atoms with van der Waals surface area (Å²) in [5.74, 6) is 0.707. The van der Waals surface area contributed by atoms with Gasteiger partial charge in [-0.1, -0.05) is 11.6 Å². The van der Waals surface area contributed by atoms with Crippen molar-refractivity contribution in [3.8, 4) is 5.75 Å². The van der Waals surface area contributed by atoms with Gasteiger partial charge < -0.3 is 9.15 Å². The highest BCUT2D eigenvalue weighted by molar-refractivity contribution is 6.29. The minimum atomic E-state index is -0.338. The number of allylic oxidation sites excluding steroid dienone is 1. The Balaban J connectivity index is 1.95. The second kappa shape index (κ2) is 5.57. The zero-order valence-electron chi connectivity index (χ0n) is 12.1. The lowest BCUT2D eigenvalue weighted by Crippen LogP contribution is -2.14. The van der Waals surface area contributed by atoms with Crippen molar-refractivity contribution in [1.29, 1.82) is 0 Å². The number of benzene rings is 1. The zero-order chi connectivity index (χ0) is 15.0. The van der Waals surface area contributed by atoms with Crippen LogP contribution in [-0.2, 0) is 0 Å². The Labute approximate surface area is 128 Å². The first-order valence-electron chi connectivity index (χ1n) is 7.11. The molecule has 1 aliphatic carbocycles. The highest BCUT2D eigenvalue weighted by atomic mass is 35.5. The normalized spacial score (nSPS) is 20.8. The third-order valence-corrected chi connectivity index (χ3v) is 4.19. The monoisotopic (exact) mass is 304 g/mol. The summed E-state index contributed by atoms with van der Waals surface area (Å²) in [5, 5.41) is 1.75. The maximum Gasteiger partial charge on any atom is 0.336 e. The summed E-state index contributed by atoms with van der Waals surface area (Å²) in [5.41, 5.74) is 2.30. The smallest absolute Gasteiger partial charge is 0.336 e. The zero-order valence-corrected chi connectivity index (χ0v) is 12.9. The van der Waals surface area contributed by atoms with Crippen LogP contribution < -0.4 is 10.4 Å². The Bertz CT molecular complexity index is 769. The highest BCUT2D eigenvalue weighted by Gasteiger charge is 2.24. The average Bonchev–Trinajstić information content (AvgIpc) is 2.86. The third-order valence-electron chi connectivity index (χ3n) is 3.94. The fraction of sp³-hybridized carbons (Fsp3) is 0.353. The number of halogens is 1. The summed E-state index contributed by atoms with van der Waals surface area (Å²) in [6.07, 6.45) is 3.07. The lowest BCUT2D eigenvalue weighted by atomic mass is 10.1. The first-order valence-corrected chi connectivity index (χ1v) is 7.49. The van der Waals surface area contributed by atoms with E-state index in [0.717, 1.165) is 35.2 Å². The van der Waals surface area contributed by atoms with E-state index in [1.54, 1.807) is 6.07 Å². The maximum atomic E-state index is 11.5. The number of rotatable bonds is 2. The molecule has 0 aliphatic heterocycles. The number of aryl methyl sites for hydroxylation is 1. The summed E-state index contributed by atoms with van der Waals surface area (Å²) >= 11 is 6.12. The van der Waals surface area contributed by atoms with Crippen molar-refractivity contribution in [2.45, 2.75) is 39.2 Å². The highest BCUT2D eigenvalue weighted by Crippen LogP contribution is 2.33. The molecule has 3 rings (SSSR count). The van der Waals surface area contributed by atoms with Crippen molar-refractivity contribution in [2.24, 2.45) is 0 Å². The van der Waals surface area contributed by atoms with Crippen LogP contribution >= 0.6 is 11.6 Å². The molecule has 2 aromatic rings. The summed E-state index contributed by atoms with van der Waals surface area (Å²) in [6, 6.07) is 7.12. The van der Waals surface area contributed by atoms with Crippen LogP contribution in [0.2, 0.25) is 0 Å². The van der Waals surface area contributed by atoms with Crippen LogP contribution in [0.15, 0.2) is 44.1 Å². The molecule has 0 radical (unpaired) electrons. The molecule has 0 saturated heterocycles.